The smallest absolute Gasteiger partial charge is 0.0460 e. The number of hydrogen-bond acceptors (Lipinski definition) is 2. The van der Waals surface area contributed by atoms with Crippen LogP contribution in [0.15, 0.2) is 24.3 Å². The number of rotatable bonds is 1. The predicted octanol–water partition coefficient (Wildman–Crippen LogP) is 3.13. The molecule has 0 atom stereocenters. The van der Waals surface area contributed by atoms with Gasteiger partial charge in [0.25, 0.3) is 0 Å². The summed E-state index contributed by atoms with van der Waals surface area (Å²) in [6.45, 7) is 2.56. The van der Waals surface area contributed by atoms with Crippen LogP contribution in [-0.2, 0) is 5.54 Å². The fourth-order valence-corrected chi connectivity index (χ4v) is 3.69. The minimum atomic E-state index is 0.337. The Morgan fingerprint density at radius 1 is 0.882 bits per heavy atom. The third-order valence-corrected chi connectivity index (χ3v) is 4.59. The summed E-state index contributed by atoms with van der Waals surface area (Å²) < 4.78 is 0. The van der Waals surface area contributed by atoms with Crippen LogP contribution in [-0.4, -0.2) is 18.0 Å². The van der Waals surface area contributed by atoms with Crippen molar-refractivity contribution in [1.82, 2.24) is 4.90 Å². The molecule has 1 aromatic rings. The number of benzene rings is 1. The second kappa shape index (κ2) is 4.34. The lowest BCUT2D eigenvalue weighted by Gasteiger charge is -2.51. The molecule has 0 radical (unpaired) electrons. The lowest BCUT2D eigenvalue weighted by Crippen LogP contribution is -2.52. The first-order chi connectivity index (χ1) is 8.31. The summed E-state index contributed by atoms with van der Waals surface area (Å²) in [6.07, 6.45) is 8.16. The van der Waals surface area contributed by atoms with Gasteiger partial charge in [0, 0.05) is 11.2 Å². The van der Waals surface area contributed by atoms with Crippen LogP contribution in [0.4, 0.5) is 5.69 Å². The average Bonchev–Trinajstić information content (AvgIpc) is 2.39. The van der Waals surface area contributed by atoms with E-state index in [2.05, 4.69) is 29.2 Å². The largest absolute Gasteiger partial charge is 0.399 e. The molecule has 92 valence electrons. The molecule has 2 nitrogen and oxygen atoms in total. The SMILES string of the molecule is Nc1ccc(C23CCCCN2CCCC3)cc1. The van der Waals surface area contributed by atoms with E-state index in [0.29, 0.717) is 5.54 Å². The molecular formula is C15H22N2. The van der Waals surface area contributed by atoms with E-state index in [1.807, 2.05) is 0 Å². The van der Waals surface area contributed by atoms with E-state index in [-0.39, 0.29) is 0 Å². The lowest BCUT2D eigenvalue weighted by molar-refractivity contribution is 0.00818. The second-order valence-corrected chi connectivity index (χ2v) is 5.55. The minimum Gasteiger partial charge on any atom is -0.399 e. The van der Waals surface area contributed by atoms with Crippen molar-refractivity contribution in [2.75, 3.05) is 18.8 Å². The zero-order chi connectivity index (χ0) is 11.7. The summed E-state index contributed by atoms with van der Waals surface area (Å²) in [5.74, 6) is 0. The molecule has 0 unspecified atom stereocenters. The van der Waals surface area contributed by atoms with E-state index in [9.17, 15) is 0 Å². The Bertz CT molecular complexity index is 370. The highest BCUT2D eigenvalue weighted by atomic mass is 15.2. The quantitative estimate of drug-likeness (QED) is 0.751. The number of nitrogens with zero attached hydrogens (tertiary/aromatic N) is 1. The maximum atomic E-state index is 5.81. The van der Waals surface area contributed by atoms with Gasteiger partial charge in [0.1, 0.15) is 0 Å². The maximum absolute atomic E-state index is 5.81. The van der Waals surface area contributed by atoms with E-state index in [1.54, 1.807) is 0 Å². The molecule has 2 aliphatic rings. The highest BCUT2D eigenvalue weighted by Gasteiger charge is 2.41. The average molecular weight is 230 g/mol. The van der Waals surface area contributed by atoms with Crippen molar-refractivity contribution >= 4 is 5.69 Å². The number of anilines is 1. The Balaban J connectivity index is 1.97. The highest BCUT2D eigenvalue weighted by molar-refractivity contribution is 5.41. The number of hydrogen-bond donors (Lipinski definition) is 1. The van der Waals surface area contributed by atoms with Crippen LogP contribution in [0.25, 0.3) is 0 Å². The summed E-state index contributed by atoms with van der Waals surface area (Å²) in [4.78, 5) is 2.73. The van der Waals surface area contributed by atoms with Crippen molar-refractivity contribution in [3.05, 3.63) is 29.8 Å². The van der Waals surface area contributed by atoms with Gasteiger partial charge in [-0.15, -0.1) is 0 Å². The van der Waals surface area contributed by atoms with Gasteiger partial charge in [-0.1, -0.05) is 12.1 Å². The molecule has 2 fully saturated rings. The summed E-state index contributed by atoms with van der Waals surface area (Å²) in [7, 11) is 0. The number of fused-ring (bicyclic) bond motifs is 1. The van der Waals surface area contributed by atoms with Crippen molar-refractivity contribution in [1.29, 1.82) is 0 Å². The van der Waals surface area contributed by atoms with Crippen molar-refractivity contribution in [3.63, 3.8) is 0 Å². The molecule has 0 aromatic heterocycles. The van der Waals surface area contributed by atoms with Crippen molar-refractivity contribution in [3.8, 4) is 0 Å². The number of piperidine rings is 2. The molecule has 2 aliphatic heterocycles. The summed E-state index contributed by atoms with van der Waals surface area (Å²) in [5.41, 5.74) is 8.52. The van der Waals surface area contributed by atoms with E-state index >= 15 is 0 Å². The van der Waals surface area contributed by atoms with Crippen LogP contribution in [0.3, 0.4) is 0 Å². The molecule has 2 saturated heterocycles. The van der Waals surface area contributed by atoms with Crippen LogP contribution in [0.1, 0.15) is 44.1 Å². The first-order valence-corrected chi connectivity index (χ1v) is 6.92. The standard InChI is InChI=1S/C15H22N2/c16-14-7-5-13(6-8-14)15-9-1-3-11-17(15)12-4-2-10-15/h5-8H,1-4,9-12,16H2. The molecule has 2 N–H and O–H groups in total. The fraction of sp³-hybridized carbons (Fsp3) is 0.600. The summed E-state index contributed by atoms with van der Waals surface area (Å²) in [6, 6.07) is 8.62. The van der Waals surface area contributed by atoms with Gasteiger partial charge in [0.2, 0.25) is 0 Å². The molecule has 2 heterocycles. The van der Waals surface area contributed by atoms with Crippen LogP contribution in [0.5, 0.6) is 0 Å². The van der Waals surface area contributed by atoms with Gasteiger partial charge in [-0.05, 0) is 69.3 Å². The van der Waals surface area contributed by atoms with Crippen molar-refractivity contribution < 1.29 is 0 Å². The summed E-state index contributed by atoms with van der Waals surface area (Å²) in [5, 5.41) is 0. The first kappa shape index (κ1) is 11.1. The predicted molar refractivity (Wildman–Crippen MR) is 71.8 cm³/mol. The Kier molecular flexibility index (Phi) is 2.83. The van der Waals surface area contributed by atoms with Gasteiger partial charge in [-0.2, -0.15) is 0 Å². The number of nitrogens with two attached hydrogens (primary N) is 1. The molecule has 0 saturated carbocycles. The van der Waals surface area contributed by atoms with Gasteiger partial charge in [0.15, 0.2) is 0 Å². The molecule has 0 bridgehead atoms. The van der Waals surface area contributed by atoms with Gasteiger partial charge in [-0.3, -0.25) is 4.90 Å². The Morgan fingerprint density at radius 3 is 2.06 bits per heavy atom. The Morgan fingerprint density at radius 2 is 1.47 bits per heavy atom. The lowest BCUT2D eigenvalue weighted by atomic mass is 9.74. The molecule has 0 spiro atoms. The maximum Gasteiger partial charge on any atom is 0.0460 e. The zero-order valence-corrected chi connectivity index (χ0v) is 10.5. The van der Waals surface area contributed by atoms with Crippen LogP contribution >= 0.6 is 0 Å². The highest BCUT2D eigenvalue weighted by Crippen LogP contribution is 2.44. The van der Waals surface area contributed by atoms with E-state index < -0.39 is 0 Å². The number of nitrogen functional groups attached to an aromatic ring is 1. The van der Waals surface area contributed by atoms with Gasteiger partial charge in [-0.25, -0.2) is 0 Å². The van der Waals surface area contributed by atoms with Crippen molar-refractivity contribution in [2.45, 2.75) is 44.1 Å². The monoisotopic (exact) mass is 230 g/mol. The molecule has 0 amide bonds. The Hall–Kier alpha value is -1.02. The van der Waals surface area contributed by atoms with Crippen LogP contribution < -0.4 is 5.73 Å². The minimum absolute atomic E-state index is 0.337. The summed E-state index contributed by atoms with van der Waals surface area (Å²) >= 11 is 0. The second-order valence-electron chi connectivity index (χ2n) is 5.55. The zero-order valence-electron chi connectivity index (χ0n) is 10.5. The molecule has 17 heavy (non-hydrogen) atoms. The van der Waals surface area contributed by atoms with E-state index in [4.69, 9.17) is 5.73 Å². The molecule has 0 aliphatic carbocycles. The van der Waals surface area contributed by atoms with Gasteiger partial charge in [0.05, 0.1) is 0 Å². The normalized spacial score (nSPS) is 24.2. The molecule has 1 aromatic carbocycles. The van der Waals surface area contributed by atoms with E-state index in [0.717, 1.165) is 5.69 Å². The third kappa shape index (κ3) is 1.85. The topological polar surface area (TPSA) is 29.3 Å². The molecular weight excluding hydrogens is 208 g/mol. The van der Waals surface area contributed by atoms with Crippen LogP contribution in [0, 0.1) is 0 Å². The molecule has 2 heteroatoms. The fourth-order valence-electron chi connectivity index (χ4n) is 3.69. The van der Waals surface area contributed by atoms with Crippen molar-refractivity contribution in [2.24, 2.45) is 0 Å². The first-order valence-electron chi connectivity index (χ1n) is 6.92. The van der Waals surface area contributed by atoms with E-state index in [1.165, 1.54) is 57.2 Å². The molecule has 3 rings (SSSR count). The van der Waals surface area contributed by atoms with Gasteiger partial charge < -0.3 is 5.73 Å². The third-order valence-electron chi connectivity index (χ3n) is 4.59. The van der Waals surface area contributed by atoms with Crippen LogP contribution in [0.2, 0.25) is 0 Å². The van der Waals surface area contributed by atoms with Gasteiger partial charge >= 0.3 is 0 Å². The Labute approximate surface area is 104 Å².